The number of aromatic nitrogens is 2. The van der Waals surface area contributed by atoms with Crippen LogP contribution in [-0.2, 0) is 5.75 Å². The van der Waals surface area contributed by atoms with Crippen LogP contribution in [0.15, 0.2) is 52.9 Å². The summed E-state index contributed by atoms with van der Waals surface area (Å²) in [5.41, 5.74) is 1.97. The first-order chi connectivity index (χ1) is 11.1. The third-order valence-corrected chi connectivity index (χ3v) is 5.12. The predicted molar refractivity (Wildman–Crippen MR) is 95.9 cm³/mol. The van der Waals surface area contributed by atoms with Crippen LogP contribution in [0.25, 0.3) is 11.5 Å². The summed E-state index contributed by atoms with van der Waals surface area (Å²) in [6, 6.07) is 15.2. The maximum Gasteiger partial charge on any atom is 0.247 e. The largest absolute Gasteiger partial charge is 0.420 e. The van der Waals surface area contributed by atoms with E-state index in [4.69, 9.17) is 27.6 Å². The topological polar surface area (TPSA) is 38.9 Å². The zero-order chi connectivity index (χ0) is 16.2. The maximum absolute atomic E-state index is 6.22. The van der Waals surface area contributed by atoms with Crippen LogP contribution in [0.2, 0.25) is 10.0 Å². The van der Waals surface area contributed by atoms with E-state index in [-0.39, 0.29) is 5.25 Å². The smallest absolute Gasteiger partial charge is 0.247 e. The Labute approximate surface area is 149 Å². The lowest BCUT2D eigenvalue weighted by Crippen LogP contribution is -1.91. The first-order valence-electron chi connectivity index (χ1n) is 7.08. The summed E-state index contributed by atoms with van der Waals surface area (Å²) < 4.78 is 5.71. The molecule has 6 heteroatoms. The molecule has 0 fully saturated rings. The van der Waals surface area contributed by atoms with Gasteiger partial charge in [0.05, 0.1) is 5.75 Å². The molecule has 1 atom stereocenters. The fourth-order valence-electron chi connectivity index (χ4n) is 2.11. The van der Waals surface area contributed by atoms with Gasteiger partial charge in [-0.3, -0.25) is 0 Å². The van der Waals surface area contributed by atoms with E-state index in [1.807, 2.05) is 36.4 Å². The van der Waals surface area contributed by atoms with Gasteiger partial charge in [-0.2, -0.15) is 0 Å². The van der Waals surface area contributed by atoms with Crippen molar-refractivity contribution in [3.05, 3.63) is 70.0 Å². The van der Waals surface area contributed by atoms with E-state index in [1.165, 1.54) is 0 Å². The van der Waals surface area contributed by atoms with Crippen molar-refractivity contribution < 1.29 is 4.42 Å². The van der Waals surface area contributed by atoms with E-state index in [0.29, 0.717) is 22.6 Å². The average molecular weight is 365 g/mol. The van der Waals surface area contributed by atoms with Gasteiger partial charge in [0, 0.05) is 20.9 Å². The zero-order valence-electron chi connectivity index (χ0n) is 12.4. The van der Waals surface area contributed by atoms with Gasteiger partial charge in [-0.25, -0.2) is 0 Å². The lowest BCUT2D eigenvalue weighted by Gasteiger charge is -2.11. The van der Waals surface area contributed by atoms with Gasteiger partial charge in [0.1, 0.15) is 0 Å². The van der Waals surface area contributed by atoms with Crippen molar-refractivity contribution in [3.63, 3.8) is 0 Å². The van der Waals surface area contributed by atoms with Crippen LogP contribution in [0.5, 0.6) is 0 Å². The second-order valence-corrected chi connectivity index (χ2v) is 7.16. The van der Waals surface area contributed by atoms with Crippen molar-refractivity contribution in [2.45, 2.75) is 17.9 Å². The molecule has 0 saturated heterocycles. The van der Waals surface area contributed by atoms with Gasteiger partial charge in [0.15, 0.2) is 0 Å². The summed E-state index contributed by atoms with van der Waals surface area (Å²) >= 11 is 13.8. The van der Waals surface area contributed by atoms with Gasteiger partial charge in [0.2, 0.25) is 11.8 Å². The van der Waals surface area contributed by atoms with Crippen LogP contribution in [0.3, 0.4) is 0 Å². The Morgan fingerprint density at radius 1 is 1.04 bits per heavy atom. The summed E-state index contributed by atoms with van der Waals surface area (Å²) in [4.78, 5) is 0. The molecular weight excluding hydrogens is 351 g/mol. The number of hydrogen-bond acceptors (Lipinski definition) is 4. The molecule has 0 spiro atoms. The Morgan fingerprint density at radius 3 is 2.52 bits per heavy atom. The molecule has 0 aliphatic carbocycles. The van der Waals surface area contributed by atoms with Gasteiger partial charge in [-0.05, 0) is 42.8 Å². The molecule has 3 nitrogen and oxygen atoms in total. The highest BCUT2D eigenvalue weighted by Gasteiger charge is 2.13. The third kappa shape index (κ3) is 4.08. The molecule has 2 aromatic carbocycles. The van der Waals surface area contributed by atoms with Crippen molar-refractivity contribution in [1.82, 2.24) is 10.2 Å². The summed E-state index contributed by atoms with van der Waals surface area (Å²) in [7, 11) is 0. The number of hydrogen-bond donors (Lipinski definition) is 0. The summed E-state index contributed by atoms with van der Waals surface area (Å²) in [6.45, 7) is 2.11. The molecule has 23 heavy (non-hydrogen) atoms. The van der Waals surface area contributed by atoms with E-state index in [2.05, 4.69) is 17.1 Å². The second kappa shape index (κ2) is 7.39. The molecular formula is C17H14Cl2N2OS. The van der Waals surface area contributed by atoms with Gasteiger partial charge < -0.3 is 4.42 Å². The Morgan fingerprint density at radius 2 is 1.78 bits per heavy atom. The zero-order valence-corrected chi connectivity index (χ0v) is 14.7. The van der Waals surface area contributed by atoms with Crippen LogP contribution < -0.4 is 0 Å². The molecule has 118 valence electrons. The van der Waals surface area contributed by atoms with Crippen LogP contribution in [0.1, 0.15) is 23.6 Å². The van der Waals surface area contributed by atoms with E-state index >= 15 is 0 Å². The minimum Gasteiger partial charge on any atom is -0.420 e. The lowest BCUT2D eigenvalue weighted by molar-refractivity contribution is 0.528. The third-order valence-electron chi connectivity index (χ3n) is 3.36. The molecule has 0 bridgehead atoms. The van der Waals surface area contributed by atoms with Crippen LogP contribution in [-0.4, -0.2) is 10.2 Å². The Bertz CT molecular complexity index is 789. The van der Waals surface area contributed by atoms with E-state index < -0.39 is 0 Å². The molecule has 0 aliphatic rings. The molecule has 0 N–H and O–H groups in total. The number of nitrogens with zero attached hydrogens (tertiary/aromatic N) is 2. The lowest BCUT2D eigenvalue weighted by atomic mass is 10.2. The second-order valence-electron chi connectivity index (χ2n) is 4.98. The fraction of sp³-hybridized carbons (Fsp3) is 0.176. The van der Waals surface area contributed by atoms with Crippen molar-refractivity contribution >= 4 is 35.0 Å². The molecule has 0 amide bonds. The monoisotopic (exact) mass is 364 g/mol. The number of halogens is 2. The molecule has 0 radical (unpaired) electrons. The quantitative estimate of drug-likeness (QED) is 0.553. The van der Waals surface area contributed by atoms with Gasteiger partial charge in [0.25, 0.3) is 0 Å². The standard InChI is InChI=1S/C17H14Cl2N2OS/c1-11(14-4-2-3-5-15(14)19)23-10-16-20-21-17(22-16)12-6-8-13(18)9-7-12/h2-9,11H,10H2,1H3. The predicted octanol–water partition coefficient (Wildman–Crippen LogP) is 6.04. The minimum absolute atomic E-state index is 0.245. The van der Waals surface area contributed by atoms with Crippen LogP contribution in [0.4, 0.5) is 0 Å². The molecule has 0 aliphatic heterocycles. The SMILES string of the molecule is CC(SCc1nnc(-c2ccc(Cl)cc2)o1)c1ccccc1Cl. The van der Waals surface area contributed by atoms with E-state index in [0.717, 1.165) is 16.1 Å². The van der Waals surface area contributed by atoms with E-state index in [1.54, 1.807) is 23.9 Å². The molecule has 1 heterocycles. The highest BCUT2D eigenvalue weighted by molar-refractivity contribution is 7.98. The van der Waals surface area contributed by atoms with Crippen LogP contribution in [0, 0.1) is 0 Å². The van der Waals surface area contributed by atoms with Gasteiger partial charge in [-0.15, -0.1) is 22.0 Å². The van der Waals surface area contributed by atoms with E-state index in [9.17, 15) is 0 Å². The summed E-state index contributed by atoms with van der Waals surface area (Å²) in [5, 5.41) is 9.89. The maximum atomic E-state index is 6.22. The first kappa shape index (κ1) is 16.4. The highest BCUT2D eigenvalue weighted by atomic mass is 35.5. The Balaban J connectivity index is 1.65. The highest BCUT2D eigenvalue weighted by Crippen LogP contribution is 2.35. The van der Waals surface area contributed by atoms with Crippen molar-refractivity contribution in [3.8, 4) is 11.5 Å². The average Bonchev–Trinajstić information content (AvgIpc) is 3.03. The van der Waals surface area contributed by atoms with Gasteiger partial charge in [-0.1, -0.05) is 41.4 Å². The molecule has 0 saturated carbocycles. The normalized spacial score (nSPS) is 12.3. The van der Waals surface area contributed by atoms with Crippen LogP contribution >= 0.6 is 35.0 Å². The molecule has 1 unspecified atom stereocenters. The van der Waals surface area contributed by atoms with Crippen molar-refractivity contribution in [1.29, 1.82) is 0 Å². The first-order valence-corrected chi connectivity index (χ1v) is 8.88. The summed E-state index contributed by atoms with van der Waals surface area (Å²) in [6.07, 6.45) is 0. The van der Waals surface area contributed by atoms with Crippen molar-refractivity contribution in [2.75, 3.05) is 0 Å². The summed E-state index contributed by atoms with van der Waals surface area (Å²) in [5.74, 6) is 1.73. The minimum atomic E-state index is 0.245. The van der Waals surface area contributed by atoms with Gasteiger partial charge >= 0.3 is 0 Å². The Kier molecular flexibility index (Phi) is 5.26. The number of thioether (sulfide) groups is 1. The molecule has 3 rings (SSSR count). The van der Waals surface area contributed by atoms with Crippen molar-refractivity contribution in [2.24, 2.45) is 0 Å². The number of rotatable bonds is 5. The molecule has 1 aromatic heterocycles. The Hall–Kier alpha value is -1.49. The molecule has 3 aromatic rings. The fourth-order valence-corrected chi connectivity index (χ4v) is 3.50. The number of benzene rings is 2.